The summed E-state index contributed by atoms with van der Waals surface area (Å²) in [6.07, 6.45) is 3.06. The summed E-state index contributed by atoms with van der Waals surface area (Å²) in [5.41, 5.74) is 3.53. The fourth-order valence-electron chi connectivity index (χ4n) is 1.64. The first kappa shape index (κ1) is 13.5. The van der Waals surface area contributed by atoms with Gasteiger partial charge in [-0.1, -0.05) is 37.3 Å². The average Bonchev–Trinajstić information content (AvgIpc) is 2.88. The summed E-state index contributed by atoms with van der Waals surface area (Å²) < 4.78 is 0. The van der Waals surface area contributed by atoms with E-state index in [2.05, 4.69) is 23.5 Å². The topological polar surface area (TPSA) is 41.5 Å². The Kier molecular flexibility index (Phi) is 4.86. The van der Waals surface area contributed by atoms with Crippen molar-refractivity contribution in [1.29, 1.82) is 0 Å². The lowest BCUT2D eigenvalue weighted by atomic mass is 10.1. The molecule has 4 heteroatoms. The molecule has 0 atom stereocenters. The van der Waals surface area contributed by atoms with Crippen molar-refractivity contribution in [3.05, 3.63) is 57.8 Å². The largest absolute Gasteiger partial charge is 0.273 e. The summed E-state index contributed by atoms with van der Waals surface area (Å²) >= 11 is 1.69. The molecule has 0 saturated carbocycles. The van der Waals surface area contributed by atoms with Crippen molar-refractivity contribution in [2.45, 2.75) is 19.8 Å². The Hall–Kier alpha value is -1.94. The number of thiophene rings is 1. The molecule has 0 aliphatic rings. The van der Waals surface area contributed by atoms with Crippen LogP contribution in [0.15, 0.2) is 47.6 Å². The standard InChI is InChI=1S/C15H16N2OS/c1-2-13-8-9-14(19-13)11-16-17-15(18)10-12-6-4-3-5-7-12/h3-9,11H,2,10H2,1H3,(H,17,18)/b16-11+. The molecule has 0 bridgehead atoms. The lowest BCUT2D eigenvalue weighted by molar-refractivity contribution is -0.120. The zero-order chi connectivity index (χ0) is 13.5. The molecule has 2 aromatic rings. The van der Waals surface area contributed by atoms with Crippen molar-refractivity contribution in [3.63, 3.8) is 0 Å². The number of rotatable bonds is 5. The highest BCUT2D eigenvalue weighted by Crippen LogP contribution is 2.14. The van der Waals surface area contributed by atoms with Crippen molar-refractivity contribution < 1.29 is 4.79 Å². The van der Waals surface area contributed by atoms with Crippen LogP contribution in [0.5, 0.6) is 0 Å². The second-order valence-electron chi connectivity index (χ2n) is 4.11. The third-order valence-electron chi connectivity index (χ3n) is 2.62. The van der Waals surface area contributed by atoms with Gasteiger partial charge in [0.1, 0.15) is 0 Å². The minimum Gasteiger partial charge on any atom is -0.273 e. The first-order valence-electron chi connectivity index (χ1n) is 6.22. The maximum absolute atomic E-state index is 11.6. The van der Waals surface area contributed by atoms with Crippen LogP contribution in [0.2, 0.25) is 0 Å². The monoisotopic (exact) mass is 272 g/mol. The van der Waals surface area contributed by atoms with Crippen molar-refractivity contribution in [1.82, 2.24) is 5.43 Å². The van der Waals surface area contributed by atoms with Gasteiger partial charge in [-0.2, -0.15) is 5.10 Å². The number of benzene rings is 1. The smallest absolute Gasteiger partial charge is 0.244 e. The summed E-state index contributed by atoms with van der Waals surface area (Å²) in [7, 11) is 0. The molecule has 0 unspecified atom stereocenters. The van der Waals surface area contributed by atoms with Gasteiger partial charge < -0.3 is 0 Å². The highest BCUT2D eigenvalue weighted by atomic mass is 32.1. The van der Waals surface area contributed by atoms with Gasteiger partial charge in [-0.05, 0) is 24.1 Å². The highest BCUT2D eigenvalue weighted by molar-refractivity contribution is 7.13. The first-order valence-corrected chi connectivity index (χ1v) is 7.04. The van der Waals surface area contributed by atoms with Crippen LogP contribution in [0, 0.1) is 0 Å². The highest BCUT2D eigenvalue weighted by Gasteiger charge is 2.01. The van der Waals surface area contributed by atoms with E-state index in [9.17, 15) is 4.79 Å². The van der Waals surface area contributed by atoms with E-state index in [0.29, 0.717) is 6.42 Å². The minimum absolute atomic E-state index is 0.102. The van der Waals surface area contributed by atoms with Crippen LogP contribution in [0.1, 0.15) is 22.2 Å². The summed E-state index contributed by atoms with van der Waals surface area (Å²) in [5, 5.41) is 3.97. The second kappa shape index (κ2) is 6.85. The van der Waals surface area contributed by atoms with E-state index in [1.807, 2.05) is 36.4 Å². The van der Waals surface area contributed by atoms with Gasteiger partial charge in [0.05, 0.1) is 12.6 Å². The van der Waals surface area contributed by atoms with Crippen molar-refractivity contribution >= 4 is 23.5 Å². The maximum Gasteiger partial charge on any atom is 0.244 e. The Labute approximate surface area is 117 Å². The van der Waals surface area contributed by atoms with Gasteiger partial charge in [-0.3, -0.25) is 4.79 Å². The molecular formula is C15H16N2OS. The molecule has 0 spiro atoms. The number of hydrogen-bond acceptors (Lipinski definition) is 3. The average molecular weight is 272 g/mol. The lowest BCUT2D eigenvalue weighted by Crippen LogP contribution is -2.19. The zero-order valence-corrected chi connectivity index (χ0v) is 11.6. The van der Waals surface area contributed by atoms with E-state index < -0.39 is 0 Å². The predicted molar refractivity (Wildman–Crippen MR) is 79.6 cm³/mol. The number of carbonyl (C=O) groups excluding carboxylic acids is 1. The number of hydrogen-bond donors (Lipinski definition) is 1. The Morgan fingerprint density at radius 2 is 2.05 bits per heavy atom. The van der Waals surface area contributed by atoms with E-state index in [1.165, 1.54) is 4.88 Å². The Balaban J connectivity index is 1.83. The fourth-order valence-corrected chi connectivity index (χ4v) is 2.47. The van der Waals surface area contributed by atoms with E-state index in [1.54, 1.807) is 17.6 Å². The van der Waals surface area contributed by atoms with Gasteiger partial charge in [0.15, 0.2) is 0 Å². The van der Waals surface area contributed by atoms with Crippen molar-refractivity contribution in [3.8, 4) is 0 Å². The molecule has 0 fully saturated rings. The van der Waals surface area contributed by atoms with Gasteiger partial charge in [0.2, 0.25) is 5.91 Å². The van der Waals surface area contributed by atoms with E-state index in [-0.39, 0.29) is 5.91 Å². The SMILES string of the molecule is CCc1ccc(/C=N/NC(=O)Cc2ccccc2)s1. The number of amides is 1. The molecular weight excluding hydrogens is 256 g/mol. The summed E-state index contributed by atoms with van der Waals surface area (Å²) in [6.45, 7) is 2.12. The van der Waals surface area contributed by atoms with Crippen LogP contribution in [0.3, 0.4) is 0 Å². The van der Waals surface area contributed by atoms with E-state index in [0.717, 1.165) is 16.9 Å². The molecule has 1 amide bonds. The van der Waals surface area contributed by atoms with Crippen molar-refractivity contribution in [2.24, 2.45) is 5.10 Å². The van der Waals surface area contributed by atoms with Crippen molar-refractivity contribution in [2.75, 3.05) is 0 Å². The Morgan fingerprint density at radius 1 is 1.26 bits per heavy atom. The lowest BCUT2D eigenvalue weighted by Gasteiger charge is -1.99. The number of nitrogens with zero attached hydrogens (tertiary/aromatic N) is 1. The fraction of sp³-hybridized carbons (Fsp3) is 0.200. The molecule has 3 nitrogen and oxygen atoms in total. The quantitative estimate of drug-likeness (QED) is 0.660. The molecule has 0 saturated heterocycles. The van der Waals surface area contributed by atoms with Crippen LogP contribution in [-0.2, 0) is 17.6 Å². The number of aryl methyl sites for hydroxylation is 1. The second-order valence-corrected chi connectivity index (χ2v) is 5.31. The molecule has 19 heavy (non-hydrogen) atoms. The van der Waals surface area contributed by atoms with Gasteiger partial charge in [0, 0.05) is 9.75 Å². The molecule has 1 heterocycles. The minimum atomic E-state index is -0.102. The van der Waals surface area contributed by atoms with Crippen LogP contribution in [0.25, 0.3) is 0 Å². The molecule has 1 aromatic heterocycles. The molecule has 0 radical (unpaired) electrons. The number of nitrogens with one attached hydrogen (secondary N) is 1. The molecule has 1 aromatic carbocycles. The maximum atomic E-state index is 11.6. The summed E-state index contributed by atoms with van der Waals surface area (Å²) in [5.74, 6) is -0.102. The summed E-state index contributed by atoms with van der Waals surface area (Å²) in [4.78, 5) is 14.0. The normalized spacial score (nSPS) is 10.8. The molecule has 98 valence electrons. The predicted octanol–water partition coefficient (Wildman–Crippen LogP) is 3.00. The molecule has 1 N–H and O–H groups in total. The third kappa shape index (κ3) is 4.34. The van der Waals surface area contributed by atoms with Gasteiger partial charge in [0.25, 0.3) is 0 Å². The number of carbonyl (C=O) groups is 1. The molecule has 0 aliphatic heterocycles. The molecule has 0 aliphatic carbocycles. The van der Waals surface area contributed by atoms with Crippen LogP contribution >= 0.6 is 11.3 Å². The van der Waals surface area contributed by atoms with Gasteiger partial charge in [-0.15, -0.1) is 11.3 Å². The first-order chi connectivity index (χ1) is 9.28. The third-order valence-corrected chi connectivity index (χ3v) is 3.78. The van der Waals surface area contributed by atoms with Crippen LogP contribution < -0.4 is 5.43 Å². The van der Waals surface area contributed by atoms with Gasteiger partial charge in [-0.25, -0.2) is 5.43 Å². The van der Waals surface area contributed by atoms with Crippen LogP contribution in [-0.4, -0.2) is 12.1 Å². The zero-order valence-electron chi connectivity index (χ0n) is 10.8. The van der Waals surface area contributed by atoms with Gasteiger partial charge >= 0.3 is 0 Å². The van der Waals surface area contributed by atoms with E-state index >= 15 is 0 Å². The summed E-state index contributed by atoms with van der Waals surface area (Å²) in [6, 6.07) is 13.7. The number of hydrazone groups is 1. The Bertz CT molecular complexity index is 561. The Morgan fingerprint density at radius 3 is 2.74 bits per heavy atom. The van der Waals surface area contributed by atoms with Crippen LogP contribution in [0.4, 0.5) is 0 Å². The van der Waals surface area contributed by atoms with E-state index in [4.69, 9.17) is 0 Å². The molecule has 2 rings (SSSR count).